The number of ether oxygens (including phenoxy) is 1. The maximum atomic E-state index is 8.94. The molecule has 0 saturated heterocycles. The van der Waals surface area contributed by atoms with E-state index in [4.69, 9.17) is 10.00 Å². The second-order valence-electron chi connectivity index (χ2n) is 2.59. The largest absolute Gasteiger partial charge is 0.495 e. The molecular weight excluding hydrogens is 182 g/mol. The van der Waals surface area contributed by atoms with Crippen LogP contribution in [-0.2, 0) is 0 Å². The van der Waals surface area contributed by atoms with Gasteiger partial charge in [0, 0.05) is 0 Å². The van der Waals surface area contributed by atoms with E-state index in [0.717, 1.165) is 10.1 Å². The summed E-state index contributed by atoms with van der Waals surface area (Å²) in [5.41, 5.74) is 0.634. The number of thiophene rings is 1. The Hall–Kier alpha value is -1.53. The Morgan fingerprint density at radius 1 is 1.38 bits per heavy atom. The van der Waals surface area contributed by atoms with E-state index in [1.807, 2.05) is 23.6 Å². The zero-order chi connectivity index (χ0) is 9.26. The SMILES string of the molecule is COc1ccc2ccsc2c1C#N. The summed E-state index contributed by atoms with van der Waals surface area (Å²) in [6.07, 6.45) is 0. The molecule has 2 rings (SSSR count). The van der Waals surface area contributed by atoms with Crippen LogP contribution in [0, 0.1) is 11.3 Å². The Morgan fingerprint density at radius 3 is 2.92 bits per heavy atom. The first-order valence-electron chi connectivity index (χ1n) is 3.81. The number of hydrogen-bond donors (Lipinski definition) is 0. The van der Waals surface area contributed by atoms with Crippen LogP contribution in [0.2, 0.25) is 0 Å². The maximum Gasteiger partial charge on any atom is 0.138 e. The van der Waals surface area contributed by atoms with E-state index in [0.29, 0.717) is 11.3 Å². The molecule has 0 spiro atoms. The van der Waals surface area contributed by atoms with Crippen LogP contribution >= 0.6 is 11.3 Å². The zero-order valence-electron chi connectivity index (χ0n) is 7.07. The van der Waals surface area contributed by atoms with Crippen LogP contribution in [0.25, 0.3) is 10.1 Å². The molecule has 13 heavy (non-hydrogen) atoms. The third-order valence-corrected chi connectivity index (χ3v) is 2.86. The summed E-state index contributed by atoms with van der Waals surface area (Å²) < 4.78 is 6.10. The molecular formula is C10H7NOS. The quantitative estimate of drug-likeness (QED) is 0.691. The molecule has 0 radical (unpaired) electrons. The molecule has 0 amide bonds. The lowest BCUT2D eigenvalue weighted by Gasteiger charge is -2.01. The van der Waals surface area contributed by atoms with E-state index >= 15 is 0 Å². The van der Waals surface area contributed by atoms with Gasteiger partial charge in [-0.3, -0.25) is 0 Å². The summed E-state index contributed by atoms with van der Waals surface area (Å²) in [6.45, 7) is 0. The molecule has 0 aliphatic rings. The number of benzene rings is 1. The standard InChI is InChI=1S/C10H7NOS/c1-12-9-3-2-7-4-5-13-10(7)8(9)6-11/h2-5H,1H3. The molecule has 0 bridgehead atoms. The van der Waals surface area contributed by atoms with Gasteiger partial charge in [-0.1, -0.05) is 0 Å². The minimum Gasteiger partial charge on any atom is -0.495 e. The summed E-state index contributed by atoms with van der Waals surface area (Å²) >= 11 is 1.57. The van der Waals surface area contributed by atoms with Gasteiger partial charge in [0.15, 0.2) is 0 Å². The highest BCUT2D eigenvalue weighted by Gasteiger charge is 2.07. The number of nitriles is 1. The van der Waals surface area contributed by atoms with E-state index in [2.05, 4.69) is 6.07 Å². The first-order chi connectivity index (χ1) is 6.36. The van der Waals surface area contributed by atoms with Crippen molar-refractivity contribution in [1.82, 2.24) is 0 Å². The van der Waals surface area contributed by atoms with E-state index in [1.165, 1.54) is 0 Å². The van der Waals surface area contributed by atoms with Gasteiger partial charge in [-0.15, -0.1) is 11.3 Å². The van der Waals surface area contributed by atoms with Crippen LogP contribution in [0.4, 0.5) is 0 Å². The third kappa shape index (κ3) is 1.16. The smallest absolute Gasteiger partial charge is 0.138 e. The first kappa shape index (κ1) is 8.09. The lowest BCUT2D eigenvalue weighted by molar-refractivity contribution is 0.414. The van der Waals surface area contributed by atoms with Crippen LogP contribution in [0.1, 0.15) is 5.56 Å². The van der Waals surface area contributed by atoms with Gasteiger partial charge < -0.3 is 4.74 Å². The Balaban J connectivity index is 2.84. The number of rotatable bonds is 1. The van der Waals surface area contributed by atoms with Gasteiger partial charge in [-0.2, -0.15) is 5.26 Å². The van der Waals surface area contributed by atoms with Gasteiger partial charge >= 0.3 is 0 Å². The van der Waals surface area contributed by atoms with Crippen molar-refractivity contribution in [2.75, 3.05) is 7.11 Å². The minimum atomic E-state index is 0.634. The maximum absolute atomic E-state index is 8.94. The predicted molar refractivity (Wildman–Crippen MR) is 53.1 cm³/mol. The van der Waals surface area contributed by atoms with Crippen LogP contribution in [-0.4, -0.2) is 7.11 Å². The molecule has 1 aromatic carbocycles. The average Bonchev–Trinajstić information content (AvgIpc) is 2.63. The molecule has 0 atom stereocenters. The monoisotopic (exact) mass is 189 g/mol. The summed E-state index contributed by atoms with van der Waals surface area (Å²) in [7, 11) is 1.58. The van der Waals surface area contributed by atoms with Crippen molar-refractivity contribution in [2.24, 2.45) is 0 Å². The van der Waals surface area contributed by atoms with Crippen molar-refractivity contribution >= 4 is 21.4 Å². The van der Waals surface area contributed by atoms with Gasteiger partial charge in [-0.05, 0) is 29.0 Å². The predicted octanol–water partition coefficient (Wildman–Crippen LogP) is 2.78. The fourth-order valence-corrected chi connectivity index (χ4v) is 2.18. The molecule has 64 valence electrons. The fourth-order valence-electron chi connectivity index (χ4n) is 1.29. The van der Waals surface area contributed by atoms with Gasteiger partial charge in [0.1, 0.15) is 17.4 Å². The van der Waals surface area contributed by atoms with E-state index in [-0.39, 0.29) is 0 Å². The Labute approximate surface area is 80.0 Å². The van der Waals surface area contributed by atoms with Crippen LogP contribution < -0.4 is 4.74 Å². The molecule has 0 saturated carbocycles. The zero-order valence-corrected chi connectivity index (χ0v) is 7.89. The van der Waals surface area contributed by atoms with Crippen LogP contribution in [0.15, 0.2) is 23.6 Å². The van der Waals surface area contributed by atoms with Crippen molar-refractivity contribution in [3.8, 4) is 11.8 Å². The molecule has 2 aromatic rings. The van der Waals surface area contributed by atoms with Crippen molar-refractivity contribution in [1.29, 1.82) is 5.26 Å². The van der Waals surface area contributed by atoms with Gasteiger partial charge in [-0.25, -0.2) is 0 Å². The van der Waals surface area contributed by atoms with Crippen molar-refractivity contribution in [2.45, 2.75) is 0 Å². The number of hydrogen-bond acceptors (Lipinski definition) is 3. The molecule has 0 N–H and O–H groups in total. The third-order valence-electron chi connectivity index (χ3n) is 1.92. The summed E-state index contributed by atoms with van der Waals surface area (Å²) in [5.74, 6) is 0.650. The summed E-state index contributed by atoms with van der Waals surface area (Å²) in [4.78, 5) is 0. The molecule has 0 unspecified atom stereocenters. The van der Waals surface area contributed by atoms with Crippen molar-refractivity contribution in [3.05, 3.63) is 29.1 Å². The summed E-state index contributed by atoms with van der Waals surface area (Å²) in [6, 6.07) is 7.95. The molecule has 3 heteroatoms. The van der Waals surface area contributed by atoms with E-state index < -0.39 is 0 Å². The van der Waals surface area contributed by atoms with Crippen molar-refractivity contribution < 1.29 is 4.74 Å². The highest BCUT2D eigenvalue weighted by atomic mass is 32.1. The lowest BCUT2D eigenvalue weighted by atomic mass is 10.1. The van der Waals surface area contributed by atoms with Gasteiger partial charge in [0.25, 0.3) is 0 Å². The number of methoxy groups -OCH3 is 1. The van der Waals surface area contributed by atoms with Crippen LogP contribution in [0.5, 0.6) is 5.75 Å². The average molecular weight is 189 g/mol. The minimum absolute atomic E-state index is 0.634. The van der Waals surface area contributed by atoms with Gasteiger partial charge in [0.05, 0.1) is 11.8 Å². The lowest BCUT2D eigenvalue weighted by Crippen LogP contribution is -1.86. The fraction of sp³-hybridized carbons (Fsp3) is 0.100. The first-order valence-corrected chi connectivity index (χ1v) is 4.69. The molecule has 0 aliphatic carbocycles. The molecule has 0 fully saturated rings. The Morgan fingerprint density at radius 2 is 2.23 bits per heavy atom. The summed E-state index contributed by atoms with van der Waals surface area (Å²) in [5, 5.41) is 12.0. The number of nitrogens with zero attached hydrogens (tertiary/aromatic N) is 1. The second-order valence-corrected chi connectivity index (χ2v) is 3.51. The Bertz CT molecular complexity index is 481. The van der Waals surface area contributed by atoms with E-state index in [9.17, 15) is 0 Å². The molecule has 1 heterocycles. The van der Waals surface area contributed by atoms with Gasteiger partial charge in [0.2, 0.25) is 0 Å². The van der Waals surface area contributed by atoms with Crippen molar-refractivity contribution in [3.63, 3.8) is 0 Å². The number of fused-ring (bicyclic) bond motifs is 1. The molecule has 0 aliphatic heterocycles. The normalized spacial score (nSPS) is 9.85. The second kappa shape index (κ2) is 3.08. The Kier molecular flexibility index (Phi) is 1.91. The molecule has 2 nitrogen and oxygen atoms in total. The van der Waals surface area contributed by atoms with Crippen LogP contribution in [0.3, 0.4) is 0 Å². The highest BCUT2D eigenvalue weighted by Crippen LogP contribution is 2.30. The van der Waals surface area contributed by atoms with E-state index in [1.54, 1.807) is 18.4 Å². The topological polar surface area (TPSA) is 33.0 Å². The highest BCUT2D eigenvalue weighted by molar-refractivity contribution is 7.17. The molecule has 1 aromatic heterocycles.